The first kappa shape index (κ1) is 13.5. The summed E-state index contributed by atoms with van der Waals surface area (Å²) in [7, 11) is 3.41. The predicted octanol–water partition coefficient (Wildman–Crippen LogP) is 0.765. The zero-order valence-electron chi connectivity index (χ0n) is 10.8. The van der Waals surface area contributed by atoms with Crippen LogP contribution >= 0.6 is 0 Å². The minimum atomic E-state index is -0.231. The van der Waals surface area contributed by atoms with Crippen LogP contribution in [0.25, 0.3) is 0 Å². The van der Waals surface area contributed by atoms with E-state index in [4.69, 9.17) is 9.26 Å². The highest BCUT2D eigenvalue weighted by molar-refractivity contribution is 5.79. The van der Waals surface area contributed by atoms with Gasteiger partial charge in [-0.3, -0.25) is 4.99 Å². The quantitative estimate of drug-likeness (QED) is 0.587. The van der Waals surface area contributed by atoms with Crippen LogP contribution in [0.2, 0.25) is 0 Å². The Labute approximate surface area is 101 Å². The molecular formula is C11H20N4O2. The van der Waals surface area contributed by atoms with E-state index in [0.29, 0.717) is 19.0 Å². The van der Waals surface area contributed by atoms with Crippen LogP contribution in [-0.2, 0) is 11.3 Å². The van der Waals surface area contributed by atoms with Crippen LogP contribution in [-0.4, -0.2) is 37.4 Å². The van der Waals surface area contributed by atoms with Crippen molar-refractivity contribution < 1.29 is 9.26 Å². The monoisotopic (exact) mass is 240 g/mol. The van der Waals surface area contributed by atoms with Gasteiger partial charge in [0, 0.05) is 26.8 Å². The molecule has 0 aliphatic carbocycles. The second kappa shape index (κ2) is 6.24. The van der Waals surface area contributed by atoms with Gasteiger partial charge < -0.3 is 19.9 Å². The third kappa shape index (κ3) is 4.86. The third-order valence-electron chi connectivity index (χ3n) is 2.39. The Kier molecular flexibility index (Phi) is 4.96. The minimum Gasteiger partial charge on any atom is -0.377 e. The summed E-state index contributed by atoms with van der Waals surface area (Å²) in [5.74, 6) is 0.707. The Bertz CT molecular complexity index is 346. The van der Waals surface area contributed by atoms with Gasteiger partial charge in [0.1, 0.15) is 12.0 Å². The molecule has 0 unspecified atom stereocenters. The molecule has 0 aromatic carbocycles. The fourth-order valence-electron chi connectivity index (χ4n) is 1.09. The molecule has 0 aliphatic rings. The molecule has 96 valence electrons. The molecule has 2 N–H and O–H groups in total. The van der Waals surface area contributed by atoms with Crippen molar-refractivity contribution in [2.45, 2.75) is 26.0 Å². The maximum Gasteiger partial charge on any atom is 0.191 e. The number of aliphatic imine (C=N–C) groups is 1. The molecule has 0 saturated heterocycles. The highest BCUT2D eigenvalue weighted by atomic mass is 16.5. The lowest BCUT2D eigenvalue weighted by molar-refractivity contribution is 0.0268. The molecule has 0 bridgehead atoms. The van der Waals surface area contributed by atoms with Gasteiger partial charge in [-0.1, -0.05) is 5.16 Å². The molecule has 0 spiro atoms. The molecule has 1 heterocycles. The molecule has 1 aromatic heterocycles. The van der Waals surface area contributed by atoms with Gasteiger partial charge in [0.25, 0.3) is 0 Å². The molecule has 1 aromatic rings. The van der Waals surface area contributed by atoms with E-state index in [0.717, 1.165) is 5.69 Å². The van der Waals surface area contributed by atoms with Crippen LogP contribution in [0.5, 0.6) is 0 Å². The number of guanidine groups is 1. The molecule has 1 rings (SSSR count). The predicted molar refractivity (Wildman–Crippen MR) is 65.8 cm³/mol. The van der Waals surface area contributed by atoms with E-state index >= 15 is 0 Å². The van der Waals surface area contributed by atoms with Crippen molar-refractivity contribution in [3.8, 4) is 0 Å². The van der Waals surface area contributed by atoms with Crippen molar-refractivity contribution in [1.29, 1.82) is 0 Å². The summed E-state index contributed by atoms with van der Waals surface area (Å²) in [4.78, 5) is 4.11. The van der Waals surface area contributed by atoms with Crippen LogP contribution in [0.1, 0.15) is 19.5 Å². The molecule has 0 saturated carbocycles. The fraction of sp³-hybridized carbons (Fsp3) is 0.636. The number of nitrogens with one attached hydrogen (secondary N) is 2. The SMILES string of the molecule is CN=C(NCc1ccon1)NCC(C)(C)OC. The number of hydrogen-bond acceptors (Lipinski definition) is 4. The lowest BCUT2D eigenvalue weighted by Gasteiger charge is -2.24. The largest absolute Gasteiger partial charge is 0.377 e. The van der Waals surface area contributed by atoms with Gasteiger partial charge in [-0.05, 0) is 13.8 Å². The Morgan fingerprint density at radius 1 is 1.53 bits per heavy atom. The normalized spacial score (nSPS) is 12.6. The number of aromatic nitrogens is 1. The molecule has 0 amide bonds. The summed E-state index contributed by atoms with van der Waals surface area (Å²) in [5, 5.41) is 10.1. The lowest BCUT2D eigenvalue weighted by Crippen LogP contribution is -2.45. The molecule has 0 fully saturated rings. The average Bonchev–Trinajstić information content (AvgIpc) is 2.82. The summed E-state index contributed by atoms with van der Waals surface area (Å²) in [5.41, 5.74) is 0.602. The molecule has 6 nitrogen and oxygen atoms in total. The van der Waals surface area contributed by atoms with Crippen LogP contribution < -0.4 is 10.6 Å². The van der Waals surface area contributed by atoms with Crippen molar-refractivity contribution in [2.75, 3.05) is 20.7 Å². The number of ether oxygens (including phenoxy) is 1. The van der Waals surface area contributed by atoms with Crippen LogP contribution in [0.3, 0.4) is 0 Å². The van der Waals surface area contributed by atoms with Gasteiger partial charge >= 0.3 is 0 Å². The van der Waals surface area contributed by atoms with E-state index in [1.165, 1.54) is 0 Å². The van der Waals surface area contributed by atoms with Gasteiger partial charge in [-0.2, -0.15) is 0 Å². The standard InChI is InChI=1S/C11H20N4O2/c1-11(2,16-4)8-14-10(12-3)13-7-9-5-6-17-15-9/h5-6H,7-8H2,1-4H3,(H2,12,13,14). The van der Waals surface area contributed by atoms with E-state index < -0.39 is 0 Å². The maximum absolute atomic E-state index is 5.31. The summed E-state index contributed by atoms with van der Waals surface area (Å²) in [6, 6.07) is 1.80. The second-order valence-electron chi connectivity index (χ2n) is 4.23. The first-order valence-electron chi connectivity index (χ1n) is 5.46. The Balaban J connectivity index is 2.35. The summed E-state index contributed by atoms with van der Waals surface area (Å²) >= 11 is 0. The number of methoxy groups -OCH3 is 1. The van der Waals surface area contributed by atoms with Crippen molar-refractivity contribution >= 4 is 5.96 Å². The van der Waals surface area contributed by atoms with E-state index in [-0.39, 0.29) is 5.60 Å². The lowest BCUT2D eigenvalue weighted by atomic mass is 10.1. The van der Waals surface area contributed by atoms with Crippen molar-refractivity contribution in [3.05, 3.63) is 18.0 Å². The van der Waals surface area contributed by atoms with E-state index in [1.54, 1.807) is 26.5 Å². The molecule has 0 radical (unpaired) electrons. The van der Waals surface area contributed by atoms with Gasteiger partial charge in [0.05, 0.1) is 12.1 Å². The van der Waals surface area contributed by atoms with E-state index in [2.05, 4.69) is 20.8 Å². The number of rotatable bonds is 5. The molecule has 0 aliphatic heterocycles. The Morgan fingerprint density at radius 2 is 2.29 bits per heavy atom. The van der Waals surface area contributed by atoms with Gasteiger partial charge in [-0.25, -0.2) is 0 Å². The molecule has 0 atom stereocenters. The third-order valence-corrected chi connectivity index (χ3v) is 2.39. The highest BCUT2D eigenvalue weighted by Crippen LogP contribution is 2.04. The first-order valence-corrected chi connectivity index (χ1v) is 5.46. The maximum atomic E-state index is 5.31. The second-order valence-corrected chi connectivity index (χ2v) is 4.23. The summed E-state index contributed by atoms with van der Waals surface area (Å²) in [6.07, 6.45) is 1.54. The zero-order chi connectivity index (χ0) is 12.7. The zero-order valence-corrected chi connectivity index (χ0v) is 10.8. The van der Waals surface area contributed by atoms with Crippen LogP contribution in [0.4, 0.5) is 0 Å². The van der Waals surface area contributed by atoms with Gasteiger partial charge in [-0.15, -0.1) is 0 Å². The topological polar surface area (TPSA) is 71.7 Å². The molecule has 17 heavy (non-hydrogen) atoms. The first-order chi connectivity index (χ1) is 8.07. The number of hydrogen-bond donors (Lipinski definition) is 2. The van der Waals surface area contributed by atoms with Crippen LogP contribution in [0.15, 0.2) is 21.8 Å². The van der Waals surface area contributed by atoms with Crippen LogP contribution in [0, 0.1) is 0 Å². The minimum absolute atomic E-state index is 0.231. The van der Waals surface area contributed by atoms with Gasteiger partial charge in [0.2, 0.25) is 0 Å². The summed E-state index contributed by atoms with van der Waals surface area (Å²) in [6.45, 7) is 5.25. The van der Waals surface area contributed by atoms with Crippen molar-refractivity contribution in [1.82, 2.24) is 15.8 Å². The smallest absolute Gasteiger partial charge is 0.191 e. The molecular weight excluding hydrogens is 220 g/mol. The van der Waals surface area contributed by atoms with Crippen molar-refractivity contribution in [2.24, 2.45) is 4.99 Å². The van der Waals surface area contributed by atoms with E-state index in [1.807, 2.05) is 13.8 Å². The van der Waals surface area contributed by atoms with Crippen molar-refractivity contribution in [3.63, 3.8) is 0 Å². The summed E-state index contributed by atoms with van der Waals surface area (Å²) < 4.78 is 10.1. The Morgan fingerprint density at radius 3 is 2.82 bits per heavy atom. The van der Waals surface area contributed by atoms with Gasteiger partial charge in [0.15, 0.2) is 5.96 Å². The highest BCUT2D eigenvalue weighted by Gasteiger charge is 2.16. The number of nitrogens with zero attached hydrogens (tertiary/aromatic N) is 2. The fourth-order valence-corrected chi connectivity index (χ4v) is 1.09. The average molecular weight is 240 g/mol. The Hall–Kier alpha value is -1.56. The molecule has 6 heteroatoms. The van der Waals surface area contributed by atoms with E-state index in [9.17, 15) is 0 Å².